The van der Waals surface area contributed by atoms with Gasteiger partial charge in [0.15, 0.2) is 0 Å². The molecule has 7 nitrogen and oxygen atoms in total. The van der Waals surface area contributed by atoms with Gasteiger partial charge in [-0.15, -0.1) is 0 Å². The highest BCUT2D eigenvalue weighted by atomic mass is 35.5. The molecule has 4 rings (SSSR count). The zero-order chi connectivity index (χ0) is 29.2. The molecule has 1 atom stereocenters. The second-order valence-electron chi connectivity index (χ2n) is 11.0. The van der Waals surface area contributed by atoms with Crippen molar-refractivity contribution in [3.05, 3.63) is 58.6 Å². The molecule has 11 heteroatoms. The summed E-state index contributed by atoms with van der Waals surface area (Å²) < 4.78 is 46.7. The Morgan fingerprint density at radius 3 is 2.35 bits per heavy atom. The highest BCUT2D eigenvalue weighted by Gasteiger charge is 2.61. The number of amides is 2. The first-order chi connectivity index (χ1) is 18.8. The fourth-order valence-electron chi connectivity index (χ4n) is 5.62. The molecule has 1 aliphatic heterocycles. The number of rotatable bonds is 8. The molecule has 2 amide bonds. The zero-order valence-corrected chi connectivity index (χ0v) is 23.6. The van der Waals surface area contributed by atoms with E-state index >= 15 is 0 Å². The third kappa shape index (κ3) is 6.17. The Kier molecular flexibility index (Phi) is 8.89. The van der Waals surface area contributed by atoms with E-state index in [9.17, 15) is 27.9 Å². The lowest BCUT2D eigenvalue weighted by Crippen LogP contribution is -2.58. The van der Waals surface area contributed by atoms with E-state index in [4.69, 9.17) is 16.3 Å². The summed E-state index contributed by atoms with van der Waals surface area (Å²) >= 11 is 6.37. The first-order valence-electron chi connectivity index (χ1n) is 13.3. The molecule has 218 valence electrons. The number of nitrogens with zero attached hydrogens (tertiary/aromatic N) is 2. The largest absolute Gasteiger partial charge is 0.497 e. The SMILES string of the molecule is COc1cccc([C@@](O)(C(=O)NC2CC(CC3CCN(c4ccc(C(=O)N(C)C)c(Cl)c4)CC3)C2)C(F)(F)F)c1. The fraction of sp³-hybridized carbons (Fsp3) is 0.517. The number of alkyl halides is 3. The molecule has 1 heterocycles. The van der Waals surface area contributed by atoms with Crippen molar-refractivity contribution in [1.82, 2.24) is 10.2 Å². The minimum atomic E-state index is -5.20. The summed E-state index contributed by atoms with van der Waals surface area (Å²) in [6.07, 6.45) is -1.17. The molecule has 1 saturated carbocycles. The van der Waals surface area contributed by atoms with Gasteiger partial charge >= 0.3 is 6.18 Å². The molecule has 1 saturated heterocycles. The first-order valence-corrected chi connectivity index (χ1v) is 13.7. The summed E-state index contributed by atoms with van der Waals surface area (Å²) in [5.74, 6) is -0.715. The smallest absolute Gasteiger partial charge is 0.430 e. The maximum Gasteiger partial charge on any atom is 0.430 e. The third-order valence-corrected chi connectivity index (χ3v) is 8.35. The maximum absolute atomic E-state index is 13.9. The van der Waals surface area contributed by atoms with Crippen molar-refractivity contribution < 1.29 is 32.6 Å². The monoisotopic (exact) mass is 581 g/mol. The van der Waals surface area contributed by atoms with Gasteiger partial charge in [-0.3, -0.25) is 9.59 Å². The number of anilines is 1. The molecule has 40 heavy (non-hydrogen) atoms. The molecule has 2 fully saturated rings. The van der Waals surface area contributed by atoms with Gasteiger partial charge in [0.05, 0.1) is 17.7 Å². The van der Waals surface area contributed by atoms with Gasteiger partial charge in [0.2, 0.25) is 0 Å². The maximum atomic E-state index is 13.9. The quantitative estimate of drug-likeness (QED) is 0.458. The van der Waals surface area contributed by atoms with Gasteiger partial charge in [0, 0.05) is 44.5 Å². The first kappa shape index (κ1) is 30.0. The normalized spacial score (nSPS) is 21.2. The zero-order valence-electron chi connectivity index (χ0n) is 22.8. The van der Waals surface area contributed by atoms with E-state index in [1.807, 2.05) is 12.1 Å². The van der Waals surface area contributed by atoms with E-state index in [1.165, 1.54) is 24.1 Å². The number of ether oxygens (including phenoxy) is 1. The predicted molar refractivity (Wildman–Crippen MR) is 147 cm³/mol. The molecule has 0 aromatic heterocycles. The predicted octanol–water partition coefficient (Wildman–Crippen LogP) is 5.00. The van der Waals surface area contributed by atoms with Crippen molar-refractivity contribution in [2.45, 2.75) is 49.9 Å². The highest BCUT2D eigenvalue weighted by Crippen LogP contribution is 2.42. The molecule has 0 spiro atoms. The van der Waals surface area contributed by atoms with Crippen LogP contribution >= 0.6 is 11.6 Å². The number of aliphatic hydroxyl groups is 1. The Morgan fingerprint density at radius 2 is 1.77 bits per heavy atom. The summed E-state index contributed by atoms with van der Waals surface area (Å²) in [7, 11) is 4.66. The Morgan fingerprint density at radius 1 is 1.10 bits per heavy atom. The van der Waals surface area contributed by atoms with E-state index < -0.39 is 29.3 Å². The topological polar surface area (TPSA) is 82.1 Å². The average molecular weight is 582 g/mol. The number of nitrogens with one attached hydrogen (secondary N) is 1. The molecule has 0 unspecified atom stereocenters. The summed E-state index contributed by atoms with van der Waals surface area (Å²) in [5.41, 5.74) is -2.81. The molecule has 0 radical (unpaired) electrons. The van der Waals surface area contributed by atoms with Crippen molar-refractivity contribution >= 4 is 29.1 Å². The van der Waals surface area contributed by atoms with Crippen LogP contribution in [-0.4, -0.2) is 68.3 Å². The number of hydrogen-bond donors (Lipinski definition) is 2. The number of carbonyl (C=O) groups excluding carboxylic acids is 2. The van der Waals surface area contributed by atoms with Gasteiger partial charge < -0.3 is 25.0 Å². The van der Waals surface area contributed by atoms with Crippen molar-refractivity contribution in [2.75, 3.05) is 39.2 Å². The Labute approximate surface area is 237 Å². The molecular formula is C29H35ClF3N3O4. The van der Waals surface area contributed by atoms with Crippen LogP contribution in [0, 0.1) is 11.8 Å². The number of piperidine rings is 1. The minimum absolute atomic E-state index is 0.113. The van der Waals surface area contributed by atoms with E-state index in [-0.39, 0.29) is 11.7 Å². The van der Waals surface area contributed by atoms with Crippen LogP contribution in [0.4, 0.5) is 18.9 Å². The molecule has 2 aliphatic rings. The van der Waals surface area contributed by atoms with Crippen LogP contribution in [0.3, 0.4) is 0 Å². The van der Waals surface area contributed by atoms with E-state index in [1.54, 1.807) is 20.2 Å². The second kappa shape index (κ2) is 11.9. The minimum Gasteiger partial charge on any atom is -0.497 e. The highest BCUT2D eigenvalue weighted by molar-refractivity contribution is 6.34. The van der Waals surface area contributed by atoms with Crippen molar-refractivity contribution in [3.8, 4) is 5.75 Å². The molecule has 2 aromatic rings. The lowest BCUT2D eigenvalue weighted by molar-refractivity contribution is -0.257. The van der Waals surface area contributed by atoms with Gasteiger partial charge in [0.25, 0.3) is 17.4 Å². The summed E-state index contributed by atoms with van der Waals surface area (Å²) in [4.78, 5) is 28.7. The molecule has 1 aliphatic carbocycles. The van der Waals surface area contributed by atoms with Crippen LogP contribution in [0.2, 0.25) is 5.02 Å². The van der Waals surface area contributed by atoms with Gasteiger partial charge in [-0.25, -0.2) is 0 Å². The number of hydrogen-bond acceptors (Lipinski definition) is 5. The van der Waals surface area contributed by atoms with Gasteiger partial charge in [-0.2, -0.15) is 13.2 Å². The third-order valence-electron chi connectivity index (χ3n) is 8.03. The van der Waals surface area contributed by atoms with E-state index in [0.717, 1.165) is 50.2 Å². The van der Waals surface area contributed by atoms with E-state index in [2.05, 4.69) is 10.2 Å². The van der Waals surface area contributed by atoms with Crippen LogP contribution in [0.15, 0.2) is 42.5 Å². The Bertz CT molecular complexity index is 1230. The molecule has 0 bridgehead atoms. The summed E-state index contributed by atoms with van der Waals surface area (Å²) in [5, 5.41) is 13.4. The van der Waals surface area contributed by atoms with Gasteiger partial charge in [-0.05, 0) is 74.3 Å². The number of carbonyl (C=O) groups is 2. The van der Waals surface area contributed by atoms with Crippen molar-refractivity contribution in [1.29, 1.82) is 0 Å². The average Bonchev–Trinajstić information content (AvgIpc) is 2.90. The summed E-state index contributed by atoms with van der Waals surface area (Å²) in [6, 6.07) is 9.91. The van der Waals surface area contributed by atoms with Crippen LogP contribution in [-0.2, 0) is 10.4 Å². The number of benzene rings is 2. The second-order valence-corrected chi connectivity index (χ2v) is 11.4. The molecule has 2 N–H and O–H groups in total. The lowest BCUT2D eigenvalue weighted by atomic mass is 9.73. The number of halogens is 4. The van der Waals surface area contributed by atoms with Crippen LogP contribution in [0.5, 0.6) is 5.75 Å². The van der Waals surface area contributed by atoms with Crippen molar-refractivity contribution in [3.63, 3.8) is 0 Å². The lowest BCUT2D eigenvalue weighted by Gasteiger charge is -2.41. The number of methoxy groups -OCH3 is 1. The Hall–Kier alpha value is -2.98. The van der Waals surface area contributed by atoms with Crippen LogP contribution < -0.4 is 15.0 Å². The molecular weight excluding hydrogens is 547 g/mol. The summed E-state index contributed by atoms with van der Waals surface area (Å²) in [6.45, 7) is 1.68. The fourth-order valence-corrected chi connectivity index (χ4v) is 5.88. The molecule has 2 aromatic carbocycles. The van der Waals surface area contributed by atoms with Crippen LogP contribution in [0.25, 0.3) is 0 Å². The van der Waals surface area contributed by atoms with Gasteiger partial charge in [0.1, 0.15) is 5.75 Å². The Balaban J connectivity index is 1.27. The van der Waals surface area contributed by atoms with Gasteiger partial charge in [-0.1, -0.05) is 23.7 Å². The van der Waals surface area contributed by atoms with Crippen LogP contribution in [0.1, 0.15) is 48.0 Å². The van der Waals surface area contributed by atoms with Crippen molar-refractivity contribution in [2.24, 2.45) is 11.8 Å². The van der Waals surface area contributed by atoms with E-state index in [0.29, 0.717) is 35.3 Å². The standard InChI is InChI=1S/C29H35ClF3N3O4/c1-35(2)26(37)24-8-7-22(17-25(24)30)36-11-9-18(10-12-36)13-19-14-21(15-19)34-27(38)28(39,29(31,32)33)20-5-4-6-23(16-20)40-3/h4-8,16-19,21,39H,9-15H2,1-3H3,(H,34,38)/t19?,21?,28-/m1/s1.